The summed E-state index contributed by atoms with van der Waals surface area (Å²) in [6.07, 6.45) is 0.207. The minimum atomic E-state index is -0.757. The molecule has 0 amide bonds. The lowest BCUT2D eigenvalue weighted by molar-refractivity contribution is -0.00593. The average molecular weight is 541 g/mol. The van der Waals surface area contributed by atoms with Crippen molar-refractivity contribution in [1.29, 1.82) is 0 Å². The first-order chi connectivity index (χ1) is 19.0. The van der Waals surface area contributed by atoms with Gasteiger partial charge in [-0.3, -0.25) is 19.2 Å². The highest BCUT2D eigenvalue weighted by molar-refractivity contribution is 6.31. The first-order valence-electron chi connectivity index (χ1n) is 12.7. The Labute approximate surface area is 228 Å². The summed E-state index contributed by atoms with van der Waals surface area (Å²) in [4.78, 5) is 53.8. The van der Waals surface area contributed by atoms with E-state index in [1.807, 2.05) is 6.92 Å². The molecule has 1 aliphatic heterocycles. The smallest absolute Gasteiger partial charge is 0.229 e. The van der Waals surface area contributed by atoms with Gasteiger partial charge in [0.15, 0.2) is 17.3 Å². The van der Waals surface area contributed by atoms with E-state index >= 15 is 0 Å². The lowest BCUT2D eigenvalue weighted by atomic mass is 9.75. The molecule has 6 rings (SSSR count). The van der Waals surface area contributed by atoms with Gasteiger partial charge in [-0.2, -0.15) is 0 Å². The largest absolute Gasteiger partial charge is 0.507 e. The van der Waals surface area contributed by atoms with Crippen LogP contribution in [-0.2, 0) is 15.9 Å². The Morgan fingerprint density at radius 1 is 0.800 bits per heavy atom. The van der Waals surface area contributed by atoms with Crippen LogP contribution in [-0.4, -0.2) is 51.7 Å². The van der Waals surface area contributed by atoms with E-state index in [0.29, 0.717) is 16.7 Å². The molecule has 3 aliphatic rings. The SMILES string of the molecule is COC1=CC(=O)c2c(O)c3c(c(-c4ccc5c(c4O)C(=O)c4c(O)cc(C)cc4C5=O)c2C1=O)C[C@H](C)O[C@@H]3C. The molecule has 0 bridgehead atoms. The first kappa shape index (κ1) is 25.5. The van der Waals surface area contributed by atoms with E-state index in [4.69, 9.17) is 9.47 Å². The normalized spacial score (nSPS) is 19.4. The fourth-order valence-corrected chi connectivity index (χ4v) is 6.17. The maximum atomic E-state index is 13.7. The van der Waals surface area contributed by atoms with Crippen LogP contribution in [0.4, 0.5) is 0 Å². The Kier molecular flexibility index (Phi) is 5.50. The predicted molar refractivity (Wildman–Crippen MR) is 141 cm³/mol. The van der Waals surface area contributed by atoms with Crippen molar-refractivity contribution >= 4 is 23.1 Å². The van der Waals surface area contributed by atoms with Gasteiger partial charge in [0.05, 0.1) is 36.0 Å². The van der Waals surface area contributed by atoms with Gasteiger partial charge in [-0.1, -0.05) is 0 Å². The Hall–Kier alpha value is -4.76. The van der Waals surface area contributed by atoms with Crippen molar-refractivity contribution in [3.63, 3.8) is 0 Å². The van der Waals surface area contributed by atoms with Gasteiger partial charge in [-0.15, -0.1) is 0 Å². The number of aryl methyl sites for hydroxylation is 1. The minimum Gasteiger partial charge on any atom is -0.507 e. The number of ketones is 4. The van der Waals surface area contributed by atoms with Gasteiger partial charge in [0, 0.05) is 39.5 Å². The van der Waals surface area contributed by atoms with Crippen molar-refractivity contribution in [1.82, 2.24) is 0 Å². The Morgan fingerprint density at radius 2 is 1.50 bits per heavy atom. The number of fused-ring (bicyclic) bond motifs is 4. The second kappa shape index (κ2) is 8.62. The van der Waals surface area contributed by atoms with Crippen LogP contribution >= 0.6 is 0 Å². The number of allylic oxidation sites excluding steroid dienone is 2. The monoisotopic (exact) mass is 540 g/mol. The third kappa shape index (κ3) is 3.31. The van der Waals surface area contributed by atoms with E-state index in [-0.39, 0.29) is 62.8 Å². The number of hydrogen-bond donors (Lipinski definition) is 3. The molecule has 202 valence electrons. The lowest BCUT2D eigenvalue weighted by Gasteiger charge is -2.34. The number of hydrogen-bond acceptors (Lipinski definition) is 9. The fraction of sp³-hybridized carbons (Fsp3) is 0.226. The highest BCUT2D eigenvalue weighted by Crippen LogP contribution is 2.51. The molecule has 0 unspecified atom stereocenters. The van der Waals surface area contributed by atoms with Crippen LogP contribution in [0.2, 0.25) is 0 Å². The summed E-state index contributed by atoms with van der Waals surface area (Å²) in [7, 11) is 1.24. The zero-order valence-electron chi connectivity index (χ0n) is 22.0. The molecule has 0 saturated heterocycles. The van der Waals surface area contributed by atoms with Gasteiger partial charge in [0.25, 0.3) is 0 Å². The van der Waals surface area contributed by atoms with Crippen molar-refractivity contribution < 1.29 is 44.0 Å². The molecule has 2 aliphatic carbocycles. The predicted octanol–water partition coefficient (Wildman–Crippen LogP) is 4.49. The molecular weight excluding hydrogens is 516 g/mol. The molecule has 9 nitrogen and oxygen atoms in total. The van der Waals surface area contributed by atoms with E-state index in [2.05, 4.69) is 0 Å². The summed E-state index contributed by atoms with van der Waals surface area (Å²) in [6, 6.07) is 5.66. The zero-order valence-corrected chi connectivity index (χ0v) is 22.0. The number of benzene rings is 3. The summed E-state index contributed by atoms with van der Waals surface area (Å²) < 4.78 is 11.1. The number of phenolic OH excluding ortho intramolecular Hbond substituents is 3. The summed E-state index contributed by atoms with van der Waals surface area (Å²) in [6.45, 7) is 5.19. The molecule has 2 atom stereocenters. The highest BCUT2D eigenvalue weighted by atomic mass is 16.5. The molecule has 40 heavy (non-hydrogen) atoms. The standard InChI is InChI=1S/C31H24O9/c1-11-7-17-23(18(32)8-11)31(38)24-15(27(17)34)6-5-14(28(24)35)22-16-9-12(2)40-13(3)21(16)30(37)25-19(33)10-20(39-4)29(36)26(22)25/h5-8,10,12-13,32,35,37H,9H2,1-4H3/t12-,13+/m0/s1. The molecule has 1 heterocycles. The van der Waals surface area contributed by atoms with Gasteiger partial charge in [-0.05, 0) is 62.6 Å². The summed E-state index contributed by atoms with van der Waals surface area (Å²) in [5, 5.41) is 33.4. The molecule has 9 heteroatoms. The highest BCUT2D eigenvalue weighted by Gasteiger charge is 2.41. The van der Waals surface area contributed by atoms with Gasteiger partial charge < -0.3 is 24.8 Å². The number of methoxy groups -OCH3 is 1. The van der Waals surface area contributed by atoms with Crippen molar-refractivity contribution in [2.75, 3.05) is 7.11 Å². The second-order valence-electron chi connectivity index (χ2n) is 10.3. The number of carbonyl (C=O) groups excluding carboxylic acids is 4. The molecule has 0 spiro atoms. The van der Waals surface area contributed by atoms with E-state index in [1.165, 1.54) is 31.4 Å². The topological polar surface area (TPSA) is 147 Å². The van der Waals surface area contributed by atoms with Crippen LogP contribution in [0.3, 0.4) is 0 Å². The number of carbonyl (C=O) groups is 4. The molecule has 3 aromatic carbocycles. The summed E-state index contributed by atoms with van der Waals surface area (Å²) in [5.41, 5.74) is 0.476. The van der Waals surface area contributed by atoms with Crippen LogP contribution in [0.1, 0.15) is 89.2 Å². The Morgan fingerprint density at radius 3 is 2.20 bits per heavy atom. The van der Waals surface area contributed by atoms with Crippen molar-refractivity contribution in [2.24, 2.45) is 0 Å². The molecular formula is C31H24O9. The van der Waals surface area contributed by atoms with Gasteiger partial charge in [0.2, 0.25) is 11.6 Å². The molecule has 0 saturated carbocycles. The van der Waals surface area contributed by atoms with Crippen LogP contribution in [0.5, 0.6) is 17.2 Å². The summed E-state index contributed by atoms with van der Waals surface area (Å²) in [5.74, 6) is -4.28. The van der Waals surface area contributed by atoms with Gasteiger partial charge in [0.1, 0.15) is 17.2 Å². The Balaban J connectivity index is 1.71. The number of Topliss-reactive ketones (excluding diaryl/α,β-unsaturated/α-hetero) is 1. The number of aromatic hydroxyl groups is 3. The van der Waals surface area contributed by atoms with Gasteiger partial charge >= 0.3 is 0 Å². The minimum absolute atomic E-state index is 0.0160. The molecule has 0 aromatic heterocycles. The molecule has 3 aromatic rings. The number of ether oxygens (including phenoxy) is 2. The molecule has 0 fully saturated rings. The van der Waals surface area contributed by atoms with E-state index in [9.17, 15) is 34.5 Å². The quantitative estimate of drug-likeness (QED) is 0.335. The van der Waals surface area contributed by atoms with Crippen LogP contribution in [0, 0.1) is 6.92 Å². The van der Waals surface area contributed by atoms with Crippen LogP contribution in [0.15, 0.2) is 36.1 Å². The number of phenols is 3. The number of rotatable bonds is 2. The third-order valence-electron chi connectivity index (χ3n) is 7.79. The summed E-state index contributed by atoms with van der Waals surface area (Å²) >= 11 is 0. The second-order valence-corrected chi connectivity index (χ2v) is 10.3. The van der Waals surface area contributed by atoms with Crippen LogP contribution < -0.4 is 0 Å². The molecule has 0 radical (unpaired) electrons. The van der Waals surface area contributed by atoms with Crippen molar-refractivity contribution in [3.05, 3.63) is 86.2 Å². The van der Waals surface area contributed by atoms with E-state index < -0.39 is 46.5 Å². The average Bonchev–Trinajstić information content (AvgIpc) is 2.88. The lowest BCUT2D eigenvalue weighted by Crippen LogP contribution is -2.28. The maximum absolute atomic E-state index is 13.7. The fourth-order valence-electron chi connectivity index (χ4n) is 6.17. The van der Waals surface area contributed by atoms with Gasteiger partial charge in [-0.25, -0.2) is 0 Å². The van der Waals surface area contributed by atoms with Crippen molar-refractivity contribution in [3.8, 4) is 28.4 Å². The zero-order chi connectivity index (χ0) is 28.8. The van der Waals surface area contributed by atoms with E-state index in [1.54, 1.807) is 13.8 Å². The Bertz CT molecular complexity index is 1780. The third-order valence-corrected chi connectivity index (χ3v) is 7.79. The van der Waals surface area contributed by atoms with E-state index in [0.717, 1.165) is 6.08 Å². The molecule has 3 N–H and O–H groups in total. The van der Waals surface area contributed by atoms with Crippen LogP contribution in [0.25, 0.3) is 11.1 Å². The first-order valence-corrected chi connectivity index (χ1v) is 12.7. The van der Waals surface area contributed by atoms with Crippen molar-refractivity contribution in [2.45, 2.75) is 39.4 Å². The maximum Gasteiger partial charge on any atom is 0.229 e.